The molecule has 2 saturated heterocycles. The summed E-state index contributed by atoms with van der Waals surface area (Å²) in [7, 11) is -5.11. The Labute approximate surface area is 315 Å². The number of hydrogen-bond donors (Lipinski definition) is 8. The van der Waals surface area contributed by atoms with Gasteiger partial charge in [0.25, 0.3) is 11.8 Å². The molecule has 54 heavy (non-hydrogen) atoms. The van der Waals surface area contributed by atoms with Crippen LogP contribution in [-0.2, 0) is 40.7 Å². The van der Waals surface area contributed by atoms with Gasteiger partial charge in [-0.15, -0.1) is 11.3 Å². The molecule has 4 heterocycles. The van der Waals surface area contributed by atoms with Crippen LogP contribution in [-0.4, -0.2) is 127 Å². The molecule has 2 fully saturated rings. The predicted molar refractivity (Wildman–Crippen MR) is 190 cm³/mol. The van der Waals surface area contributed by atoms with Crippen LogP contribution in [0.1, 0.15) is 43.3 Å². The molecule has 2 aliphatic rings. The van der Waals surface area contributed by atoms with Gasteiger partial charge in [-0.1, -0.05) is 21.9 Å². The number of carbonyl (C=O) groups excluding carboxylic acids is 3. The number of oxime groups is 1. The molecule has 2 aliphatic heterocycles. The number of β-lactam (4-membered cyclic amide) rings is 1. The van der Waals surface area contributed by atoms with Crippen LogP contribution in [0, 0.1) is 0 Å². The molecule has 3 atom stereocenters. The van der Waals surface area contributed by atoms with Crippen molar-refractivity contribution in [2.45, 2.75) is 50.3 Å². The Morgan fingerprint density at radius 3 is 2.67 bits per heavy atom. The highest BCUT2D eigenvalue weighted by molar-refractivity contribution is 7.84. The van der Waals surface area contributed by atoms with E-state index in [9.17, 15) is 47.5 Å². The number of nitrogen functional groups attached to an aromatic ring is 1. The highest BCUT2D eigenvalue weighted by atomic mass is 35.5. The number of hydrogen-bond acceptors (Lipinski definition) is 17. The van der Waals surface area contributed by atoms with Crippen molar-refractivity contribution in [2.75, 3.05) is 43.8 Å². The van der Waals surface area contributed by atoms with Crippen LogP contribution in [0.3, 0.4) is 0 Å². The second-order valence-corrected chi connectivity index (χ2v) is 15.3. The quantitative estimate of drug-likeness (QED) is 0.0238. The van der Waals surface area contributed by atoms with E-state index in [1.807, 2.05) is 0 Å². The number of nitrogens with two attached hydrogens (primary N) is 1. The highest BCUT2D eigenvalue weighted by Crippen LogP contribution is 2.38. The maximum atomic E-state index is 13.3. The number of anilines is 2. The second-order valence-electron chi connectivity index (χ2n) is 12.8. The molecule has 3 amide bonds. The number of carboxylic acids is 1. The van der Waals surface area contributed by atoms with Gasteiger partial charge in [-0.2, -0.15) is 8.42 Å². The first-order valence-corrected chi connectivity index (χ1v) is 18.7. The number of nitrogens with zero attached hydrogens (tertiary/aromatic N) is 5. The van der Waals surface area contributed by atoms with Gasteiger partial charge >= 0.3 is 16.3 Å². The minimum Gasteiger partial charge on any atom is -0.504 e. The van der Waals surface area contributed by atoms with Gasteiger partial charge in [0.15, 0.2) is 22.3 Å². The van der Waals surface area contributed by atoms with Crippen molar-refractivity contribution < 1.29 is 56.8 Å². The SMILES string of the molecule is CC(C)(O/N=C(\C(=O)N[C@@H]1C(=O)N(S(=O)(=O)O)[C@@H]1CNC(=O)Cc1cc([C@@H]2CCN(CCNc3ccc(O)c(O)c3Cl)C2)no1)c1csc(N)n1)C(=O)O. The van der Waals surface area contributed by atoms with Crippen LogP contribution in [0.15, 0.2) is 33.3 Å². The number of thiazole rings is 1. The first-order valence-electron chi connectivity index (χ1n) is 16.1. The Morgan fingerprint density at radius 1 is 1.26 bits per heavy atom. The first kappa shape index (κ1) is 40.0. The number of carbonyl (C=O) groups is 4. The van der Waals surface area contributed by atoms with Gasteiger partial charge in [0, 0.05) is 43.5 Å². The van der Waals surface area contributed by atoms with Gasteiger partial charge in [-0.05, 0) is 38.9 Å². The lowest BCUT2D eigenvalue weighted by molar-refractivity contribution is -0.161. The van der Waals surface area contributed by atoms with Crippen molar-refractivity contribution in [1.82, 2.24) is 30.0 Å². The molecule has 0 aliphatic carbocycles. The van der Waals surface area contributed by atoms with E-state index in [0.717, 1.165) is 38.1 Å². The summed E-state index contributed by atoms with van der Waals surface area (Å²) in [6, 6.07) is 1.46. The van der Waals surface area contributed by atoms with Crippen molar-refractivity contribution in [3.05, 3.63) is 45.7 Å². The average molecular weight is 814 g/mol. The molecular formula is C30H36ClN9O12S2. The summed E-state index contributed by atoms with van der Waals surface area (Å²) in [6.45, 7) is 4.34. The van der Waals surface area contributed by atoms with Gasteiger partial charge in [0.1, 0.15) is 22.5 Å². The third kappa shape index (κ3) is 9.10. The van der Waals surface area contributed by atoms with Crippen molar-refractivity contribution in [3.63, 3.8) is 0 Å². The molecule has 0 unspecified atom stereocenters. The number of benzene rings is 1. The molecule has 21 nitrogen and oxygen atoms in total. The van der Waals surface area contributed by atoms with Crippen molar-refractivity contribution in [3.8, 4) is 11.5 Å². The summed E-state index contributed by atoms with van der Waals surface area (Å²) < 4.78 is 39.2. The van der Waals surface area contributed by atoms with Gasteiger partial charge < -0.3 is 51.3 Å². The minimum absolute atomic E-state index is 0.00953. The molecule has 2 aromatic heterocycles. The van der Waals surface area contributed by atoms with E-state index in [1.165, 1.54) is 11.4 Å². The number of phenolic OH excluding ortho intramolecular Hbond substituents is 2. The Balaban J connectivity index is 1.16. The van der Waals surface area contributed by atoms with Crippen LogP contribution < -0.4 is 21.7 Å². The molecule has 292 valence electrons. The van der Waals surface area contributed by atoms with E-state index in [-0.39, 0.29) is 44.0 Å². The monoisotopic (exact) mass is 813 g/mol. The molecule has 0 spiro atoms. The number of halogens is 1. The van der Waals surface area contributed by atoms with E-state index in [0.29, 0.717) is 31.0 Å². The third-order valence-electron chi connectivity index (χ3n) is 8.51. The van der Waals surface area contributed by atoms with Crippen molar-refractivity contribution in [1.29, 1.82) is 0 Å². The number of aromatic nitrogens is 2. The zero-order chi connectivity index (χ0) is 39.5. The Morgan fingerprint density at radius 2 is 2.00 bits per heavy atom. The summed E-state index contributed by atoms with van der Waals surface area (Å²) >= 11 is 6.99. The smallest absolute Gasteiger partial charge is 0.362 e. The maximum Gasteiger partial charge on any atom is 0.362 e. The van der Waals surface area contributed by atoms with E-state index >= 15 is 0 Å². The van der Waals surface area contributed by atoms with Crippen molar-refractivity contribution >= 4 is 73.5 Å². The zero-order valence-corrected chi connectivity index (χ0v) is 30.9. The Bertz CT molecular complexity index is 2070. The summed E-state index contributed by atoms with van der Waals surface area (Å²) in [5.41, 5.74) is 4.16. The summed E-state index contributed by atoms with van der Waals surface area (Å²) in [5.74, 6) is -4.92. The molecule has 0 saturated carbocycles. The fraction of sp³-hybridized carbons (Fsp3) is 0.433. The molecular weight excluding hydrogens is 778 g/mol. The summed E-state index contributed by atoms with van der Waals surface area (Å²) in [5, 5.41) is 45.7. The lowest BCUT2D eigenvalue weighted by Gasteiger charge is -2.44. The normalized spacial score (nSPS) is 19.3. The number of carboxylic acid groups (broad SMARTS) is 1. The fourth-order valence-electron chi connectivity index (χ4n) is 5.53. The Hall–Kier alpha value is -5.23. The van der Waals surface area contributed by atoms with Crippen LogP contribution in [0.2, 0.25) is 5.02 Å². The molecule has 9 N–H and O–H groups in total. The van der Waals surface area contributed by atoms with Gasteiger partial charge in [0.2, 0.25) is 11.5 Å². The first-order chi connectivity index (χ1) is 25.4. The number of nitrogens with one attached hydrogen (secondary N) is 3. The largest absolute Gasteiger partial charge is 0.504 e. The minimum atomic E-state index is -5.11. The number of aliphatic carboxylic acids is 1. The van der Waals surface area contributed by atoms with Gasteiger partial charge in [-0.25, -0.2) is 14.1 Å². The average Bonchev–Trinajstić information content (AvgIpc) is 3.86. The maximum absolute atomic E-state index is 13.3. The van der Waals surface area contributed by atoms with E-state index in [1.54, 1.807) is 12.1 Å². The molecule has 0 radical (unpaired) electrons. The topological polar surface area (TPSA) is 312 Å². The summed E-state index contributed by atoms with van der Waals surface area (Å²) in [6.07, 6.45) is 0.453. The fourth-order valence-corrected chi connectivity index (χ4v) is 7.19. The zero-order valence-electron chi connectivity index (χ0n) is 28.6. The van der Waals surface area contributed by atoms with E-state index in [4.69, 9.17) is 26.7 Å². The van der Waals surface area contributed by atoms with Gasteiger partial charge in [0.05, 0.1) is 23.8 Å². The third-order valence-corrected chi connectivity index (χ3v) is 10.5. The van der Waals surface area contributed by atoms with Crippen molar-refractivity contribution in [2.24, 2.45) is 5.16 Å². The van der Waals surface area contributed by atoms with E-state index < -0.39 is 69.7 Å². The van der Waals surface area contributed by atoms with Gasteiger partial charge in [-0.3, -0.25) is 18.9 Å². The molecule has 3 aromatic rings. The molecule has 0 bridgehead atoms. The van der Waals surface area contributed by atoms with Crippen LogP contribution in [0.5, 0.6) is 11.5 Å². The second kappa shape index (κ2) is 16.0. The van der Waals surface area contributed by atoms with E-state index in [2.05, 4.69) is 36.1 Å². The number of rotatable bonds is 16. The molecule has 5 rings (SSSR count). The number of aromatic hydroxyl groups is 2. The summed E-state index contributed by atoms with van der Waals surface area (Å²) in [4.78, 5) is 61.6. The van der Waals surface area contributed by atoms with Crippen LogP contribution in [0.25, 0.3) is 0 Å². The van der Waals surface area contributed by atoms with Crippen LogP contribution >= 0.6 is 22.9 Å². The lowest BCUT2D eigenvalue weighted by Crippen LogP contribution is -2.74. The number of phenols is 2. The standard InChI is InChI=1S/C30H36ClN9O12S2/c1-30(2,28(46)47)52-38-23(18-13-53-29(32)35-18)26(44)36-24-19(40(27(24)45)54(48,49)50)11-34-21(42)10-15-9-17(37-51-15)14-5-7-39(12-14)8-6-33-16-3-4-20(41)25(43)22(16)31/h3-4,9,13-14,19,24,33,41,43H,5-8,10-12H2,1-2H3,(H2,32,35)(H,34,42)(H,36,44)(H,46,47)(H,48,49,50)/b38-23-/t14-,19-,24+/m1/s1. The number of amides is 3. The Kier molecular flexibility index (Phi) is 11.9. The number of likely N-dealkylation sites (tertiary alicyclic amines) is 1. The van der Waals surface area contributed by atoms with Crippen LogP contribution in [0.4, 0.5) is 10.8 Å². The molecule has 24 heteroatoms. The molecule has 1 aromatic carbocycles. The highest BCUT2D eigenvalue weighted by Gasteiger charge is 2.54. The lowest BCUT2D eigenvalue weighted by atomic mass is 9.98. The predicted octanol–water partition coefficient (Wildman–Crippen LogP) is 0.121.